The van der Waals surface area contributed by atoms with E-state index in [0.29, 0.717) is 24.0 Å². The highest BCUT2D eigenvalue weighted by atomic mass is 16.2. The van der Waals surface area contributed by atoms with Crippen molar-refractivity contribution in [2.24, 2.45) is 5.92 Å². The number of amides is 1. The van der Waals surface area contributed by atoms with Crippen LogP contribution in [0.25, 0.3) is 0 Å². The molecule has 1 saturated heterocycles. The summed E-state index contributed by atoms with van der Waals surface area (Å²) >= 11 is 0. The molecule has 3 heterocycles. The van der Waals surface area contributed by atoms with Gasteiger partial charge in [0.05, 0.1) is 5.69 Å². The third kappa shape index (κ3) is 3.97. The van der Waals surface area contributed by atoms with Gasteiger partial charge in [0, 0.05) is 36.6 Å². The lowest BCUT2D eigenvalue weighted by Gasteiger charge is -2.32. The highest BCUT2D eigenvalue weighted by Crippen LogP contribution is 2.24. The van der Waals surface area contributed by atoms with Gasteiger partial charge in [-0.15, -0.1) is 0 Å². The molecule has 1 fully saturated rings. The standard InChI is InChI=1S/C18H26N6O/c1-18(2,3)15-10-14(22-23-15)17(25)24-8-4-5-12(11-24)9-13-16(19)21-7-6-20-13/h6-7,10,12H,4-5,8-9,11H2,1-3H3,(H2,19,21)(H,22,23)/t12-/m0/s1. The van der Waals surface area contributed by atoms with E-state index in [1.165, 1.54) is 0 Å². The molecule has 1 aliphatic heterocycles. The number of hydrogen-bond donors (Lipinski definition) is 2. The Morgan fingerprint density at radius 1 is 1.36 bits per heavy atom. The Kier molecular flexibility index (Phi) is 4.74. The van der Waals surface area contributed by atoms with Gasteiger partial charge in [0.1, 0.15) is 11.5 Å². The number of carbonyl (C=O) groups is 1. The van der Waals surface area contributed by atoms with E-state index < -0.39 is 0 Å². The van der Waals surface area contributed by atoms with Gasteiger partial charge < -0.3 is 10.6 Å². The van der Waals surface area contributed by atoms with E-state index in [9.17, 15) is 4.79 Å². The van der Waals surface area contributed by atoms with Crippen molar-refractivity contribution in [3.63, 3.8) is 0 Å². The molecule has 1 amide bonds. The molecule has 1 atom stereocenters. The smallest absolute Gasteiger partial charge is 0.274 e. The molecule has 0 bridgehead atoms. The zero-order valence-corrected chi connectivity index (χ0v) is 15.1. The molecule has 0 aromatic carbocycles. The number of nitrogens with zero attached hydrogens (tertiary/aromatic N) is 4. The minimum atomic E-state index is -0.0561. The van der Waals surface area contributed by atoms with Crippen molar-refractivity contribution in [3.05, 3.63) is 35.5 Å². The maximum atomic E-state index is 12.8. The van der Waals surface area contributed by atoms with Crippen molar-refractivity contribution in [2.45, 2.75) is 45.4 Å². The van der Waals surface area contributed by atoms with Crippen LogP contribution in [0.2, 0.25) is 0 Å². The number of hydrogen-bond acceptors (Lipinski definition) is 5. The van der Waals surface area contributed by atoms with Gasteiger partial charge in [0.15, 0.2) is 0 Å². The van der Waals surface area contributed by atoms with Crippen LogP contribution in [-0.2, 0) is 11.8 Å². The predicted octanol–water partition coefficient (Wildman–Crippen LogP) is 2.17. The Bertz CT molecular complexity index is 748. The molecule has 7 nitrogen and oxygen atoms in total. The molecule has 25 heavy (non-hydrogen) atoms. The van der Waals surface area contributed by atoms with Crippen LogP contribution in [0.4, 0.5) is 5.82 Å². The van der Waals surface area contributed by atoms with Crippen LogP contribution in [-0.4, -0.2) is 44.1 Å². The van der Waals surface area contributed by atoms with Gasteiger partial charge in [-0.05, 0) is 31.2 Å². The Morgan fingerprint density at radius 2 is 2.12 bits per heavy atom. The summed E-state index contributed by atoms with van der Waals surface area (Å²) in [6.45, 7) is 7.75. The highest BCUT2D eigenvalue weighted by molar-refractivity contribution is 5.92. The molecule has 2 aromatic rings. The molecule has 0 aliphatic carbocycles. The van der Waals surface area contributed by atoms with E-state index in [2.05, 4.69) is 40.9 Å². The monoisotopic (exact) mass is 342 g/mol. The molecule has 3 N–H and O–H groups in total. The van der Waals surface area contributed by atoms with Crippen LogP contribution in [0.3, 0.4) is 0 Å². The van der Waals surface area contributed by atoms with Gasteiger partial charge in [-0.2, -0.15) is 5.10 Å². The first-order valence-electron chi connectivity index (χ1n) is 8.75. The van der Waals surface area contributed by atoms with Gasteiger partial charge in [-0.1, -0.05) is 20.8 Å². The number of nitrogens with one attached hydrogen (secondary N) is 1. The van der Waals surface area contributed by atoms with Crippen LogP contribution in [0.15, 0.2) is 18.5 Å². The largest absolute Gasteiger partial charge is 0.382 e. The van der Waals surface area contributed by atoms with E-state index in [1.807, 2.05) is 11.0 Å². The van der Waals surface area contributed by atoms with Crippen molar-refractivity contribution >= 4 is 11.7 Å². The fourth-order valence-electron chi connectivity index (χ4n) is 3.20. The van der Waals surface area contributed by atoms with Crippen molar-refractivity contribution in [2.75, 3.05) is 18.8 Å². The first-order valence-corrected chi connectivity index (χ1v) is 8.75. The van der Waals surface area contributed by atoms with Crippen LogP contribution in [0.1, 0.15) is 55.5 Å². The van der Waals surface area contributed by atoms with Crippen molar-refractivity contribution < 1.29 is 4.79 Å². The summed E-state index contributed by atoms with van der Waals surface area (Å²) in [5.74, 6) is 0.814. The molecular formula is C18H26N6O. The van der Waals surface area contributed by atoms with Gasteiger partial charge in [-0.25, -0.2) is 4.98 Å². The average Bonchev–Trinajstić information content (AvgIpc) is 3.07. The molecule has 0 spiro atoms. The Hall–Kier alpha value is -2.44. The molecule has 0 radical (unpaired) electrons. The lowest BCUT2D eigenvalue weighted by atomic mass is 9.91. The SMILES string of the molecule is CC(C)(C)c1cc(C(=O)N2CCC[C@@H](Cc3nccnc3N)C2)n[nH]1. The average molecular weight is 342 g/mol. The lowest BCUT2D eigenvalue weighted by molar-refractivity contribution is 0.0667. The summed E-state index contributed by atoms with van der Waals surface area (Å²) in [5, 5.41) is 7.21. The Balaban J connectivity index is 1.67. The number of likely N-dealkylation sites (tertiary alicyclic amines) is 1. The zero-order chi connectivity index (χ0) is 18.0. The van der Waals surface area contributed by atoms with Crippen LogP contribution in [0, 0.1) is 5.92 Å². The maximum absolute atomic E-state index is 12.8. The topological polar surface area (TPSA) is 101 Å². The second-order valence-electron chi connectivity index (χ2n) is 7.77. The van der Waals surface area contributed by atoms with Crippen molar-refractivity contribution in [1.29, 1.82) is 0 Å². The molecule has 0 unspecified atom stereocenters. The van der Waals surface area contributed by atoms with E-state index in [4.69, 9.17) is 5.73 Å². The normalized spacial score (nSPS) is 18.4. The summed E-state index contributed by atoms with van der Waals surface area (Å²) in [5.41, 5.74) is 8.12. The van der Waals surface area contributed by atoms with Crippen molar-refractivity contribution in [1.82, 2.24) is 25.1 Å². The molecule has 2 aromatic heterocycles. The number of nitrogens with two attached hydrogens (primary N) is 1. The third-order valence-electron chi connectivity index (χ3n) is 4.70. The minimum absolute atomic E-state index is 0.0106. The molecule has 134 valence electrons. The summed E-state index contributed by atoms with van der Waals surface area (Å²) in [7, 11) is 0. The Morgan fingerprint density at radius 3 is 2.80 bits per heavy atom. The summed E-state index contributed by atoms with van der Waals surface area (Å²) in [6, 6.07) is 1.87. The van der Waals surface area contributed by atoms with E-state index in [0.717, 1.165) is 37.2 Å². The fourth-order valence-corrected chi connectivity index (χ4v) is 3.20. The van der Waals surface area contributed by atoms with Crippen LogP contribution in [0.5, 0.6) is 0 Å². The number of aromatic amines is 1. The summed E-state index contributed by atoms with van der Waals surface area (Å²) in [4.78, 5) is 23.1. The van der Waals surface area contributed by atoms with Crippen LogP contribution < -0.4 is 5.73 Å². The number of piperidine rings is 1. The highest BCUT2D eigenvalue weighted by Gasteiger charge is 2.28. The second-order valence-corrected chi connectivity index (χ2v) is 7.77. The number of rotatable bonds is 3. The summed E-state index contributed by atoms with van der Waals surface area (Å²) in [6.07, 6.45) is 6.05. The zero-order valence-electron chi connectivity index (χ0n) is 15.1. The predicted molar refractivity (Wildman–Crippen MR) is 96.1 cm³/mol. The number of carbonyl (C=O) groups excluding carboxylic acids is 1. The summed E-state index contributed by atoms with van der Waals surface area (Å²) < 4.78 is 0. The van der Waals surface area contributed by atoms with Gasteiger partial charge in [-0.3, -0.25) is 14.9 Å². The van der Waals surface area contributed by atoms with E-state index in [-0.39, 0.29) is 11.3 Å². The Labute approximate surface area is 148 Å². The van der Waals surface area contributed by atoms with Gasteiger partial charge in [0.2, 0.25) is 0 Å². The van der Waals surface area contributed by atoms with Crippen LogP contribution >= 0.6 is 0 Å². The molecule has 0 saturated carbocycles. The second kappa shape index (κ2) is 6.82. The first-order chi connectivity index (χ1) is 11.8. The lowest BCUT2D eigenvalue weighted by Crippen LogP contribution is -2.40. The van der Waals surface area contributed by atoms with Gasteiger partial charge >= 0.3 is 0 Å². The molecular weight excluding hydrogens is 316 g/mol. The number of H-pyrrole nitrogens is 1. The molecule has 7 heteroatoms. The fraction of sp³-hybridized carbons (Fsp3) is 0.556. The van der Waals surface area contributed by atoms with E-state index in [1.54, 1.807) is 12.4 Å². The number of aromatic nitrogens is 4. The number of nitrogen functional groups attached to an aromatic ring is 1. The third-order valence-corrected chi connectivity index (χ3v) is 4.70. The molecule has 1 aliphatic rings. The first kappa shape index (κ1) is 17.4. The molecule has 3 rings (SSSR count). The number of anilines is 1. The minimum Gasteiger partial charge on any atom is -0.382 e. The van der Waals surface area contributed by atoms with Gasteiger partial charge in [0.25, 0.3) is 5.91 Å². The van der Waals surface area contributed by atoms with E-state index >= 15 is 0 Å². The quantitative estimate of drug-likeness (QED) is 0.890. The van der Waals surface area contributed by atoms with Crippen molar-refractivity contribution in [3.8, 4) is 0 Å². The maximum Gasteiger partial charge on any atom is 0.274 e.